The van der Waals surface area contributed by atoms with Crippen molar-refractivity contribution in [2.45, 2.75) is 19.3 Å². The molecule has 88 valence electrons. The highest BCUT2D eigenvalue weighted by Crippen LogP contribution is 2.25. The van der Waals surface area contributed by atoms with Crippen LogP contribution in [0.15, 0.2) is 53.2 Å². The molecule has 0 fully saturated rings. The van der Waals surface area contributed by atoms with Gasteiger partial charge in [-0.1, -0.05) is 24.8 Å². The molecule has 1 aromatic carbocycles. The monoisotopic (exact) mass is 226 g/mol. The summed E-state index contributed by atoms with van der Waals surface area (Å²) in [6.07, 6.45) is 7.10. The van der Waals surface area contributed by atoms with Gasteiger partial charge in [-0.15, -0.1) is 0 Å². The van der Waals surface area contributed by atoms with Crippen LogP contribution in [0.25, 0.3) is 0 Å². The molecule has 0 aromatic heterocycles. The molecule has 1 heterocycles. The second-order valence-corrected chi connectivity index (χ2v) is 4.17. The fraction of sp³-hybridized carbons (Fsp3) is 0.267. The second kappa shape index (κ2) is 5.48. The molecule has 1 aliphatic rings. The van der Waals surface area contributed by atoms with Crippen LogP contribution in [0.2, 0.25) is 0 Å². The number of rotatable bonds is 2. The number of fused-ring (bicyclic) bond motifs is 1. The lowest BCUT2D eigenvalue weighted by molar-refractivity contribution is 0.821. The Bertz CT molecular complexity index is 470. The summed E-state index contributed by atoms with van der Waals surface area (Å²) in [7, 11) is 1.81. The van der Waals surface area contributed by atoms with Crippen molar-refractivity contribution in [1.29, 1.82) is 0 Å². The quantitative estimate of drug-likeness (QED) is 0.766. The highest BCUT2D eigenvalue weighted by molar-refractivity contribution is 5.82. The average molecular weight is 226 g/mol. The largest absolute Gasteiger partial charge is 0.355 e. The lowest BCUT2D eigenvalue weighted by atomic mass is 9.99. The van der Waals surface area contributed by atoms with Gasteiger partial charge in [0, 0.05) is 24.6 Å². The maximum atomic E-state index is 4.12. The van der Waals surface area contributed by atoms with Gasteiger partial charge < -0.3 is 5.32 Å². The highest BCUT2D eigenvalue weighted by Gasteiger charge is 2.10. The van der Waals surface area contributed by atoms with Crippen LogP contribution < -0.4 is 5.32 Å². The lowest BCUT2D eigenvalue weighted by Crippen LogP contribution is -2.08. The third kappa shape index (κ3) is 2.64. The van der Waals surface area contributed by atoms with E-state index >= 15 is 0 Å². The lowest BCUT2D eigenvalue weighted by Gasteiger charge is -2.18. The summed E-state index contributed by atoms with van der Waals surface area (Å²) in [5.74, 6) is 0. The van der Waals surface area contributed by atoms with Gasteiger partial charge in [-0.3, -0.25) is 4.99 Å². The Hall–Kier alpha value is -1.83. The summed E-state index contributed by atoms with van der Waals surface area (Å²) in [5.41, 5.74) is 4.86. The van der Waals surface area contributed by atoms with E-state index in [1.807, 2.05) is 12.3 Å². The topological polar surface area (TPSA) is 24.4 Å². The van der Waals surface area contributed by atoms with Crippen molar-refractivity contribution >= 4 is 11.9 Å². The summed E-state index contributed by atoms with van der Waals surface area (Å²) in [4.78, 5) is 4.12. The SMILES string of the molecule is C=C/C1=C(\C=NC)CCCc2ccccc2N1. The fourth-order valence-electron chi connectivity index (χ4n) is 2.16. The third-order valence-electron chi connectivity index (χ3n) is 3.01. The van der Waals surface area contributed by atoms with Crippen molar-refractivity contribution < 1.29 is 0 Å². The molecule has 0 atom stereocenters. The van der Waals surface area contributed by atoms with Crippen LogP contribution >= 0.6 is 0 Å². The van der Waals surface area contributed by atoms with E-state index in [1.54, 1.807) is 7.05 Å². The number of allylic oxidation sites excluding steroid dienone is 2. The van der Waals surface area contributed by atoms with Crippen molar-refractivity contribution in [1.82, 2.24) is 0 Å². The van der Waals surface area contributed by atoms with Crippen LogP contribution in [0.3, 0.4) is 0 Å². The van der Waals surface area contributed by atoms with Crippen molar-refractivity contribution in [2.75, 3.05) is 12.4 Å². The number of hydrogen-bond acceptors (Lipinski definition) is 2. The Morgan fingerprint density at radius 1 is 1.29 bits per heavy atom. The third-order valence-corrected chi connectivity index (χ3v) is 3.01. The molecule has 0 unspecified atom stereocenters. The van der Waals surface area contributed by atoms with Gasteiger partial charge in [-0.2, -0.15) is 0 Å². The van der Waals surface area contributed by atoms with Gasteiger partial charge in [0.25, 0.3) is 0 Å². The van der Waals surface area contributed by atoms with E-state index in [0.29, 0.717) is 0 Å². The van der Waals surface area contributed by atoms with Gasteiger partial charge in [0.15, 0.2) is 0 Å². The summed E-state index contributed by atoms with van der Waals surface area (Å²) in [6.45, 7) is 3.88. The smallest absolute Gasteiger partial charge is 0.0426 e. The van der Waals surface area contributed by atoms with E-state index in [0.717, 1.165) is 25.0 Å². The normalized spacial score (nSPS) is 20.3. The number of anilines is 1. The first kappa shape index (κ1) is 11.6. The van der Waals surface area contributed by atoms with Crippen LogP contribution in [-0.4, -0.2) is 13.3 Å². The first-order valence-corrected chi connectivity index (χ1v) is 5.98. The van der Waals surface area contributed by atoms with Crippen molar-refractivity contribution in [3.05, 3.63) is 53.8 Å². The molecule has 0 spiro atoms. The minimum Gasteiger partial charge on any atom is -0.355 e. The number of nitrogens with one attached hydrogen (secondary N) is 1. The standard InChI is InChI=1S/C15H18N2/c1-3-14-13(11-16-2)9-6-8-12-7-4-5-10-15(12)17-14/h3-5,7,10-11,17H,1,6,8-9H2,2H3/b14-13+,16-11?. The minimum atomic E-state index is 1.04. The molecule has 0 bridgehead atoms. The molecule has 17 heavy (non-hydrogen) atoms. The van der Waals surface area contributed by atoms with Crippen LogP contribution in [0.1, 0.15) is 18.4 Å². The first-order valence-electron chi connectivity index (χ1n) is 5.98. The zero-order chi connectivity index (χ0) is 12.1. The van der Waals surface area contributed by atoms with E-state index in [9.17, 15) is 0 Å². The van der Waals surface area contributed by atoms with E-state index in [2.05, 4.69) is 41.2 Å². The Morgan fingerprint density at radius 3 is 2.88 bits per heavy atom. The summed E-state index contributed by atoms with van der Waals surface area (Å²) < 4.78 is 0. The Labute approximate surface area is 103 Å². The van der Waals surface area contributed by atoms with Gasteiger partial charge in [0.2, 0.25) is 0 Å². The Balaban J connectivity index is 2.41. The molecule has 1 aliphatic heterocycles. The number of hydrogen-bond donors (Lipinski definition) is 1. The number of aryl methyl sites for hydroxylation is 1. The molecule has 0 saturated heterocycles. The summed E-state index contributed by atoms with van der Waals surface area (Å²) in [6, 6.07) is 8.45. The highest BCUT2D eigenvalue weighted by atomic mass is 14.9. The van der Waals surface area contributed by atoms with E-state index in [1.165, 1.54) is 16.8 Å². The zero-order valence-electron chi connectivity index (χ0n) is 10.2. The number of nitrogens with zero attached hydrogens (tertiary/aromatic N) is 1. The van der Waals surface area contributed by atoms with Gasteiger partial charge >= 0.3 is 0 Å². The summed E-state index contributed by atoms with van der Waals surface area (Å²) >= 11 is 0. The van der Waals surface area contributed by atoms with Crippen LogP contribution in [0, 0.1) is 0 Å². The molecular weight excluding hydrogens is 208 g/mol. The molecule has 0 radical (unpaired) electrons. The predicted molar refractivity (Wildman–Crippen MR) is 74.6 cm³/mol. The minimum absolute atomic E-state index is 1.04. The molecule has 1 aromatic rings. The van der Waals surface area contributed by atoms with Crippen LogP contribution in [0.4, 0.5) is 5.69 Å². The summed E-state index contributed by atoms with van der Waals surface area (Å²) in [5, 5.41) is 3.45. The van der Waals surface area contributed by atoms with Gasteiger partial charge in [-0.05, 0) is 42.5 Å². The predicted octanol–water partition coefficient (Wildman–Crippen LogP) is 3.58. The van der Waals surface area contributed by atoms with Gasteiger partial charge in [0.1, 0.15) is 0 Å². The van der Waals surface area contributed by atoms with Gasteiger partial charge in [0.05, 0.1) is 0 Å². The molecule has 0 saturated carbocycles. The average Bonchev–Trinajstić information content (AvgIpc) is 2.34. The Kier molecular flexibility index (Phi) is 3.76. The van der Waals surface area contributed by atoms with Crippen molar-refractivity contribution in [3.8, 4) is 0 Å². The first-order chi connectivity index (χ1) is 8.35. The van der Waals surface area contributed by atoms with Crippen LogP contribution in [0.5, 0.6) is 0 Å². The van der Waals surface area contributed by atoms with E-state index < -0.39 is 0 Å². The van der Waals surface area contributed by atoms with Crippen molar-refractivity contribution in [3.63, 3.8) is 0 Å². The zero-order valence-corrected chi connectivity index (χ0v) is 10.2. The molecule has 2 heteroatoms. The van der Waals surface area contributed by atoms with Gasteiger partial charge in [-0.25, -0.2) is 0 Å². The Morgan fingerprint density at radius 2 is 2.12 bits per heavy atom. The second-order valence-electron chi connectivity index (χ2n) is 4.17. The van der Waals surface area contributed by atoms with E-state index in [-0.39, 0.29) is 0 Å². The van der Waals surface area contributed by atoms with Crippen LogP contribution in [-0.2, 0) is 6.42 Å². The maximum Gasteiger partial charge on any atom is 0.0426 e. The fourth-order valence-corrected chi connectivity index (χ4v) is 2.16. The van der Waals surface area contributed by atoms with E-state index in [4.69, 9.17) is 0 Å². The maximum absolute atomic E-state index is 4.12. The molecular formula is C15H18N2. The number of aliphatic imine (C=N–C) groups is 1. The molecule has 2 nitrogen and oxygen atoms in total. The van der Waals surface area contributed by atoms with Crippen molar-refractivity contribution in [2.24, 2.45) is 4.99 Å². The number of benzene rings is 1. The molecule has 0 aliphatic carbocycles. The molecule has 2 rings (SSSR count). The molecule has 1 N–H and O–H groups in total. The molecule has 0 amide bonds. The number of para-hydroxylation sites is 1.